The second-order valence-electron chi connectivity index (χ2n) is 10.4. The molecule has 2 N–H and O–H groups in total. The molecule has 8 heteroatoms. The van der Waals surface area contributed by atoms with Crippen LogP contribution >= 0.6 is 11.3 Å². The molecule has 0 saturated carbocycles. The smallest absolute Gasteiger partial charge is 0.252 e. The highest BCUT2D eigenvalue weighted by molar-refractivity contribution is 7.09. The molecule has 0 bridgehead atoms. The van der Waals surface area contributed by atoms with E-state index in [-0.39, 0.29) is 23.8 Å². The first-order chi connectivity index (χ1) is 17.9. The summed E-state index contributed by atoms with van der Waals surface area (Å²) in [6, 6.07) is 9.67. The average molecular weight is 525 g/mol. The summed E-state index contributed by atoms with van der Waals surface area (Å²) in [5, 5.41) is 8.05. The molecule has 0 aliphatic carbocycles. The van der Waals surface area contributed by atoms with Gasteiger partial charge in [-0.2, -0.15) is 0 Å². The lowest BCUT2D eigenvalue weighted by Crippen LogP contribution is -2.48. The highest BCUT2D eigenvalue weighted by atomic mass is 32.1. The number of ether oxygens (including phenoxy) is 1. The number of thiophene rings is 1. The Bertz CT molecular complexity index is 1180. The monoisotopic (exact) mass is 524 g/mol. The number of rotatable bonds is 12. The Morgan fingerprint density at radius 2 is 2.03 bits per heavy atom. The lowest BCUT2D eigenvalue weighted by Gasteiger charge is -2.21. The van der Waals surface area contributed by atoms with Gasteiger partial charge in [0.2, 0.25) is 5.91 Å². The lowest BCUT2D eigenvalue weighted by molar-refractivity contribution is -0.123. The molecule has 2 atom stereocenters. The van der Waals surface area contributed by atoms with Crippen molar-refractivity contribution in [2.75, 3.05) is 13.2 Å². The van der Waals surface area contributed by atoms with Gasteiger partial charge in [0.1, 0.15) is 11.9 Å². The van der Waals surface area contributed by atoms with E-state index >= 15 is 0 Å². The van der Waals surface area contributed by atoms with E-state index in [1.165, 1.54) is 4.88 Å². The minimum Gasteiger partial charge on any atom is -0.376 e. The molecule has 0 unspecified atom stereocenters. The van der Waals surface area contributed by atoms with Gasteiger partial charge in [-0.25, -0.2) is 4.98 Å². The van der Waals surface area contributed by atoms with Gasteiger partial charge in [0.15, 0.2) is 0 Å². The van der Waals surface area contributed by atoms with Gasteiger partial charge in [-0.3, -0.25) is 9.59 Å². The van der Waals surface area contributed by atoms with Crippen LogP contribution in [0.25, 0.3) is 11.0 Å². The Kier molecular flexibility index (Phi) is 9.38. The number of carbonyl (C=O) groups is 2. The number of nitrogens with zero attached hydrogens (tertiary/aromatic N) is 2. The van der Waals surface area contributed by atoms with Crippen molar-refractivity contribution in [2.24, 2.45) is 5.92 Å². The summed E-state index contributed by atoms with van der Waals surface area (Å²) in [7, 11) is 0. The van der Waals surface area contributed by atoms with Crippen molar-refractivity contribution in [1.29, 1.82) is 0 Å². The Morgan fingerprint density at radius 1 is 1.22 bits per heavy atom. The van der Waals surface area contributed by atoms with E-state index in [1.807, 2.05) is 18.2 Å². The van der Waals surface area contributed by atoms with Crippen molar-refractivity contribution in [3.05, 3.63) is 52.0 Å². The van der Waals surface area contributed by atoms with Crippen molar-refractivity contribution < 1.29 is 14.3 Å². The maximum Gasteiger partial charge on any atom is 0.252 e. The molecule has 200 valence electrons. The molecule has 1 aliphatic rings. The first-order valence-electron chi connectivity index (χ1n) is 13.6. The summed E-state index contributed by atoms with van der Waals surface area (Å²) in [6.07, 6.45) is 5.41. The summed E-state index contributed by atoms with van der Waals surface area (Å²) in [5.41, 5.74) is 2.38. The fraction of sp³-hybridized carbons (Fsp3) is 0.552. The molecule has 4 rings (SSSR count). The number of hydrogen-bond acceptors (Lipinski definition) is 5. The van der Waals surface area contributed by atoms with E-state index in [0.717, 1.165) is 55.6 Å². The number of benzene rings is 1. The van der Waals surface area contributed by atoms with E-state index in [0.29, 0.717) is 24.6 Å². The van der Waals surface area contributed by atoms with E-state index < -0.39 is 6.04 Å². The van der Waals surface area contributed by atoms with E-state index in [2.05, 4.69) is 60.4 Å². The van der Waals surface area contributed by atoms with Gasteiger partial charge in [0.05, 0.1) is 17.1 Å². The Morgan fingerprint density at radius 3 is 2.68 bits per heavy atom. The zero-order chi connectivity index (χ0) is 26.4. The van der Waals surface area contributed by atoms with Crippen LogP contribution in [-0.2, 0) is 16.0 Å². The third kappa shape index (κ3) is 6.79. The molecule has 1 aromatic carbocycles. The molecule has 3 aromatic rings. The number of hydrogen-bond donors (Lipinski definition) is 2. The summed E-state index contributed by atoms with van der Waals surface area (Å²) in [4.78, 5) is 32.5. The van der Waals surface area contributed by atoms with Gasteiger partial charge < -0.3 is 19.9 Å². The van der Waals surface area contributed by atoms with Gasteiger partial charge in [0, 0.05) is 36.1 Å². The van der Waals surface area contributed by atoms with Crippen LogP contribution in [0.1, 0.15) is 86.9 Å². The van der Waals surface area contributed by atoms with Crippen LogP contribution in [0.3, 0.4) is 0 Å². The predicted octanol–water partition coefficient (Wildman–Crippen LogP) is 5.49. The van der Waals surface area contributed by atoms with Crippen molar-refractivity contribution >= 4 is 34.2 Å². The quantitative estimate of drug-likeness (QED) is 0.328. The van der Waals surface area contributed by atoms with Crippen molar-refractivity contribution in [3.8, 4) is 0 Å². The third-order valence-corrected chi connectivity index (χ3v) is 7.98. The first kappa shape index (κ1) is 27.3. The Labute approximate surface area is 224 Å². The van der Waals surface area contributed by atoms with Crippen LogP contribution in [0.5, 0.6) is 0 Å². The van der Waals surface area contributed by atoms with E-state index in [4.69, 9.17) is 9.72 Å². The molecule has 0 spiro atoms. The summed E-state index contributed by atoms with van der Waals surface area (Å²) in [6.45, 7) is 9.74. The SMILES string of the molecule is CCC(CC)n1c(Cc2cccs2)nc2cc(C(=O)N[C@@H](CC(C)C)C(=O)NC[C@H]3CCCO3)ccc21. The normalized spacial score (nSPS) is 16.5. The Balaban J connectivity index is 1.55. The number of aromatic nitrogens is 2. The molecule has 3 heterocycles. The number of nitrogens with one attached hydrogen (secondary N) is 2. The molecule has 1 saturated heterocycles. The number of fused-ring (bicyclic) bond motifs is 1. The van der Waals surface area contributed by atoms with Crippen LogP contribution in [0.15, 0.2) is 35.7 Å². The second kappa shape index (κ2) is 12.7. The zero-order valence-corrected chi connectivity index (χ0v) is 23.3. The minimum absolute atomic E-state index is 0.0651. The second-order valence-corrected chi connectivity index (χ2v) is 11.4. The molecule has 0 radical (unpaired) electrons. The van der Waals surface area contributed by atoms with Crippen molar-refractivity contribution in [3.63, 3.8) is 0 Å². The van der Waals surface area contributed by atoms with E-state index in [1.54, 1.807) is 11.3 Å². The van der Waals surface area contributed by atoms with Crippen LogP contribution in [0, 0.1) is 5.92 Å². The van der Waals surface area contributed by atoms with Gasteiger partial charge >= 0.3 is 0 Å². The molecule has 2 amide bonds. The summed E-state index contributed by atoms with van der Waals surface area (Å²) >= 11 is 1.73. The summed E-state index contributed by atoms with van der Waals surface area (Å²) < 4.78 is 7.97. The standard InChI is InChI=1S/C29H40N4O3S/c1-5-21(6-2)33-26-12-11-20(16-24(26)31-27(33)17-23-10-8-14-37-23)28(34)32-25(15-19(3)4)29(35)30-18-22-9-7-13-36-22/h8,10-12,14,16,19,21-22,25H,5-7,9,13,15,17-18H2,1-4H3,(H,30,35)(H,32,34)/t22-,25+/m1/s1. The molecular formula is C29H40N4O3S. The summed E-state index contributed by atoms with van der Waals surface area (Å²) in [5.74, 6) is 0.873. The zero-order valence-electron chi connectivity index (χ0n) is 22.5. The topological polar surface area (TPSA) is 85.2 Å². The van der Waals surface area contributed by atoms with Gasteiger partial charge in [0.25, 0.3) is 5.91 Å². The first-order valence-corrected chi connectivity index (χ1v) is 14.5. The van der Waals surface area contributed by atoms with Crippen molar-refractivity contribution in [1.82, 2.24) is 20.2 Å². The highest BCUT2D eigenvalue weighted by Gasteiger charge is 2.25. The fourth-order valence-corrected chi connectivity index (χ4v) is 5.83. The van der Waals surface area contributed by atoms with Crippen LogP contribution in [-0.4, -0.2) is 46.7 Å². The lowest BCUT2D eigenvalue weighted by atomic mass is 10.0. The molecular weight excluding hydrogens is 484 g/mol. The molecule has 1 fully saturated rings. The van der Waals surface area contributed by atoms with Gasteiger partial charge in [-0.15, -0.1) is 11.3 Å². The molecule has 1 aliphatic heterocycles. The van der Waals surface area contributed by atoms with Gasteiger partial charge in [-0.1, -0.05) is 33.8 Å². The molecule has 7 nitrogen and oxygen atoms in total. The number of imidazole rings is 1. The minimum atomic E-state index is -0.596. The fourth-order valence-electron chi connectivity index (χ4n) is 5.13. The predicted molar refractivity (Wildman–Crippen MR) is 149 cm³/mol. The molecule has 37 heavy (non-hydrogen) atoms. The average Bonchev–Trinajstić information content (AvgIpc) is 3.65. The third-order valence-electron chi connectivity index (χ3n) is 7.10. The van der Waals surface area contributed by atoms with E-state index in [9.17, 15) is 9.59 Å². The maximum atomic E-state index is 13.3. The van der Waals surface area contributed by atoms with Crippen molar-refractivity contribution in [2.45, 2.75) is 84.4 Å². The Hall–Kier alpha value is -2.71. The highest BCUT2D eigenvalue weighted by Crippen LogP contribution is 2.28. The van der Waals surface area contributed by atoms with Crippen LogP contribution in [0.4, 0.5) is 0 Å². The number of carbonyl (C=O) groups excluding carboxylic acids is 2. The molecule has 2 aromatic heterocycles. The van der Waals surface area contributed by atoms with Crippen LogP contribution < -0.4 is 10.6 Å². The van der Waals surface area contributed by atoms with Gasteiger partial charge in [-0.05, 0) is 67.7 Å². The number of amides is 2. The van der Waals surface area contributed by atoms with Crippen LogP contribution in [0.2, 0.25) is 0 Å². The maximum absolute atomic E-state index is 13.3. The largest absolute Gasteiger partial charge is 0.376 e.